The third kappa shape index (κ3) is 8.73. The van der Waals surface area contributed by atoms with E-state index in [1.165, 1.54) is 36.4 Å². The van der Waals surface area contributed by atoms with Gasteiger partial charge in [0.2, 0.25) is 5.91 Å². The van der Waals surface area contributed by atoms with Crippen LogP contribution in [0.2, 0.25) is 0 Å². The first-order valence-electron chi connectivity index (χ1n) is 13.0. The van der Waals surface area contributed by atoms with Gasteiger partial charge < -0.3 is 30.5 Å². The Kier molecular flexibility index (Phi) is 9.93. The van der Waals surface area contributed by atoms with E-state index in [1.807, 2.05) is 25.1 Å². The predicted molar refractivity (Wildman–Crippen MR) is 153 cm³/mol. The number of ether oxygens (including phenoxy) is 1. The second kappa shape index (κ2) is 13.3. The molecule has 3 aromatic carbocycles. The van der Waals surface area contributed by atoms with E-state index in [0.717, 1.165) is 10.5 Å². The van der Waals surface area contributed by atoms with Gasteiger partial charge in [-0.25, -0.2) is 4.79 Å². The van der Waals surface area contributed by atoms with Gasteiger partial charge in [0.1, 0.15) is 35.7 Å². The first-order chi connectivity index (χ1) is 19.4. The zero-order chi connectivity index (χ0) is 30.2. The Balaban J connectivity index is 2.04. The maximum Gasteiger partial charge on any atom is 0.408 e. The maximum absolute atomic E-state index is 14.1. The largest absolute Gasteiger partial charge is 0.508 e. The van der Waals surface area contributed by atoms with Crippen LogP contribution >= 0.6 is 0 Å². The second-order valence-corrected chi connectivity index (χ2v) is 10.5. The van der Waals surface area contributed by atoms with Gasteiger partial charge in [-0.3, -0.25) is 9.59 Å². The lowest BCUT2D eigenvalue weighted by atomic mass is 10.00. The maximum atomic E-state index is 14.1. The zero-order valence-corrected chi connectivity index (χ0v) is 23.4. The number of carbonyl (C=O) groups is 3. The first kappa shape index (κ1) is 30.5. The molecule has 3 amide bonds. The summed E-state index contributed by atoms with van der Waals surface area (Å²) in [6, 6.07) is 18.4. The van der Waals surface area contributed by atoms with Gasteiger partial charge in [0.15, 0.2) is 0 Å². The van der Waals surface area contributed by atoms with E-state index >= 15 is 0 Å². The van der Waals surface area contributed by atoms with Gasteiger partial charge in [-0.15, -0.1) is 0 Å². The number of aromatic hydroxyl groups is 2. The second-order valence-electron chi connectivity index (χ2n) is 10.5. The molecule has 0 aliphatic heterocycles. The Morgan fingerprint density at radius 3 is 2.10 bits per heavy atom. The molecule has 4 N–H and O–H groups in total. The van der Waals surface area contributed by atoms with E-state index in [4.69, 9.17) is 4.74 Å². The Morgan fingerprint density at radius 2 is 1.54 bits per heavy atom. The summed E-state index contributed by atoms with van der Waals surface area (Å²) in [4.78, 5) is 41.8. The summed E-state index contributed by atoms with van der Waals surface area (Å²) in [5.74, 6) is -1.30. The van der Waals surface area contributed by atoms with Crippen molar-refractivity contribution in [1.29, 1.82) is 5.26 Å². The number of aryl methyl sites for hydroxylation is 1. The van der Waals surface area contributed by atoms with Crippen molar-refractivity contribution in [1.82, 2.24) is 10.2 Å². The Bertz CT molecular complexity index is 1410. The van der Waals surface area contributed by atoms with Crippen LogP contribution in [-0.2, 0) is 20.7 Å². The number of hydrogen-bond donors (Lipinski definition) is 4. The molecule has 214 valence electrons. The summed E-state index contributed by atoms with van der Waals surface area (Å²) in [5, 5.41) is 34.7. The standard InChI is InChI=1S/C31H34N4O6/c1-20-7-5-6-8-25(20)33-28(38)27(22-11-15-24(37)16-12-22)35(18-17-32)29(39)26(34-30(40)41-31(2,3)4)19-21-9-13-23(36)14-10-21/h5-16,26-27,36-37H,18-19H2,1-4H3,(H,33,38)(H,34,40). The zero-order valence-electron chi connectivity index (χ0n) is 23.4. The van der Waals surface area contributed by atoms with Crippen molar-refractivity contribution < 1.29 is 29.3 Å². The minimum Gasteiger partial charge on any atom is -0.508 e. The van der Waals surface area contributed by atoms with E-state index in [-0.39, 0.29) is 17.9 Å². The van der Waals surface area contributed by atoms with Crippen LogP contribution in [0.15, 0.2) is 72.8 Å². The summed E-state index contributed by atoms with van der Waals surface area (Å²) in [6.07, 6.45) is -0.862. The quantitative estimate of drug-likeness (QED) is 0.281. The molecule has 0 aliphatic rings. The predicted octanol–water partition coefficient (Wildman–Crippen LogP) is 4.57. The highest BCUT2D eigenvalue weighted by Crippen LogP contribution is 2.27. The van der Waals surface area contributed by atoms with Crippen LogP contribution in [0.3, 0.4) is 0 Å². The normalized spacial score (nSPS) is 12.4. The fraction of sp³-hybridized carbons (Fsp3) is 0.290. The van der Waals surface area contributed by atoms with Crippen molar-refractivity contribution >= 4 is 23.6 Å². The number of rotatable bonds is 9. The Labute approximate surface area is 239 Å². The number of hydrogen-bond acceptors (Lipinski definition) is 7. The molecule has 10 heteroatoms. The van der Waals surface area contributed by atoms with Gasteiger partial charge >= 0.3 is 6.09 Å². The van der Waals surface area contributed by atoms with Crippen LogP contribution in [0.4, 0.5) is 10.5 Å². The average molecular weight is 559 g/mol. The number of nitriles is 1. The van der Waals surface area contributed by atoms with Crippen LogP contribution in [0.5, 0.6) is 11.5 Å². The van der Waals surface area contributed by atoms with Crippen LogP contribution in [0.1, 0.15) is 43.5 Å². The molecular formula is C31H34N4O6. The molecule has 0 heterocycles. The van der Waals surface area contributed by atoms with Gasteiger partial charge in [0.05, 0.1) is 6.07 Å². The lowest BCUT2D eigenvalue weighted by molar-refractivity contribution is -0.140. The van der Waals surface area contributed by atoms with Crippen LogP contribution < -0.4 is 10.6 Å². The molecule has 41 heavy (non-hydrogen) atoms. The number of nitrogens with one attached hydrogen (secondary N) is 2. The van der Waals surface area contributed by atoms with Crippen molar-refractivity contribution in [2.75, 3.05) is 11.9 Å². The van der Waals surface area contributed by atoms with Gasteiger partial charge in [0.25, 0.3) is 5.91 Å². The number of alkyl carbamates (subject to hydrolysis) is 1. The molecule has 0 fully saturated rings. The van der Waals surface area contributed by atoms with E-state index in [9.17, 15) is 29.9 Å². The topological polar surface area (TPSA) is 152 Å². The van der Waals surface area contributed by atoms with Crippen LogP contribution in [-0.4, -0.2) is 51.2 Å². The van der Waals surface area contributed by atoms with Crippen molar-refractivity contribution in [2.24, 2.45) is 0 Å². The highest BCUT2D eigenvalue weighted by atomic mass is 16.6. The summed E-state index contributed by atoms with van der Waals surface area (Å²) in [6.45, 7) is 6.39. The molecule has 10 nitrogen and oxygen atoms in total. The molecule has 0 spiro atoms. The van der Waals surface area contributed by atoms with Crippen molar-refractivity contribution in [3.05, 3.63) is 89.5 Å². The van der Waals surface area contributed by atoms with Crippen molar-refractivity contribution in [3.8, 4) is 17.6 Å². The summed E-state index contributed by atoms with van der Waals surface area (Å²) in [7, 11) is 0. The Hall–Kier alpha value is -5.04. The SMILES string of the molecule is Cc1ccccc1NC(=O)C(c1ccc(O)cc1)N(CC#N)C(=O)C(Cc1ccc(O)cc1)NC(=O)OC(C)(C)C. The van der Waals surface area contributed by atoms with Gasteiger partial charge in [-0.2, -0.15) is 5.26 Å². The number of phenolic OH excluding ortho intramolecular Hbond substituents is 2. The molecule has 0 radical (unpaired) electrons. The number of benzene rings is 3. The van der Waals surface area contributed by atoms with Gasteiger partial charge in [0, 0.05) is 12.1 Å². The summed E-state index contributed by atoms with van der Waals surface area (Å²) >= 11 is 0. The fourth-order valence-corrected chi connectivity index (χ4v) is 4.13. The van der Waals surface area contributed by atoms with Gasteiger partial charge in [-0.05, 0) is 74.7 Å². The highest BCUT2D eigenvalue weighted by Gasteiger charge is 2.36. The third-order valence-corrected chi connectivity index (χ3v) is 6.06. The van der Waals surface area contributed by atoms with Crippen LogP contribution in [0.25, 0.3) is 0 Å². The molecule has 2 atom stereocenters. The molecule has 0 aromatic heterocycles. The smallest absolute Gasteiger partial charge is 0.408 e. The monoisotopic (exact) mass is 558 g/mol. The number of amides is 3. The van der Waals surface area contributed by atoms with E-state index < -0.39 is 42.1 Å². The minimum absolute atomic E-state index is 0.0119. The minimum atomic E-state index is -1.29. The van der Waals surface area contributed by atoms with Crippen LogP contribution in [0, 0.1) is 18.3 Å². The lowest BCUT2D eigenvalue weighted by Gasteiger charge is -2.33. The molecule has 0 aliphatic carbocycles. The van der Waals surface area contributed by atoms with Gasteiger partial charge in [-0.1, -0.05) is 42.5 Å². The Morgan fingerprint density at radius 1 is 0.951 bits per heavy atom. The molecule has 2 unspecified atom stereocenters. The molecule has 0 bridgehead atoms. The van der Waals surface area contributed by atoms with Crippen molar-refractivity contribution in [3.63, 3.8) is 0 Å². The molecular weight excluding hydrogens is 524 g/mol. The summed E-state index contributed by atoms with van der Waals surface area (Å²) in [5.41, 5.74) is 1.43. The molecule has 3 aromatic rings. The number of phenols is 2. The van der Waals surface area contributed by atoms with E-state index in [2.05, 4.69) is 10.6 Å². The van der Waals surface area contributed by atoms with Crippen molar-refractivity contribution in [2.45, 2.75) is 51.8 Å². The molecule has 0 saturated carbocycles. The number of anilines is 1. The summed E-state index contributed by atoms with van der Waals surface area (Å²) < 4.78 is 5.38. The van der Waals surface area contributed by atoms with E-state index in [1.54, 1.807) is 45.0 Å². The number of carbonyl (C=O) groups excluding carboxylic acids is 3. The molecule has 3 rings (SSSR count). The average Bonchev–Trinajstić information content (AvgIpc) is 2.90. The number of nitrogens with zero attached hydrogens (tertiary/aromatic N) is 2. The highest BCUT2D eigenvalue weighted by molar-refractivity contribution is 5.99. The molecule has 0 saturated heterocycles. The fourth-order valence-electron chi connectivity index (χ4n) is 4.13. The van der Waals surface area contributed by atoms with E-state index in [0.29, 0.717) is 16.8 Å². The first-order valence-corrected chi connectivity index (χ1v) is 13.0. The number of para-hydroxylation sites is 1. The third-order valence-electron chi connectivity index (χ3n) is 6.06. The lowest BCUT2D eigenvalue weighted by Crippen LogP contribution is -2.53.